The molecule has 0 amide bonds. The Balaban J connectivity index is 2.22. The van der Waals surface area contributed by atoms with Gasteiger partial charge in [0.15, 0.2) is 5.58 Å². The average Bonchev–Trinajstić information content (AvgIpc) is 2.73. The van der Waals surface area contributed by atoms with Crippen molar-refractivity contribution in [3.8, 4) is 11.5 Å². The van der Waals surface area contributed by atoms with Crippen molar-refractivity contribution in [2.24, 2.45) is 0 Å². The van der Waals surface area contributed by atoms with Crippen LogP contribution in [-0.4, -0.2) is 4.98 Å². The fourth-order valence-corrected chi connectivity index (χ4v) is 2.28. The lowest BCUT2D eigenvalue weighted by molar-refractivity contribution is 0.620. The predicted molar refractivity (Wildman–Crippen MR) is 73.9 cm³/mol. The van der Waals surface area contributed by atoms with Crippen molar-refractivity contribution in [2.75, 3.05) is 5.73 Å². The van der Waals surface area contributed by atoms with Crippen LogP contribution >= 0.6 is 23.2 Å². The molecule has 0 radical (unpaired) electrons. The van der Waals surface area contributed by atoms with Crippen LogP contribution in [0.15, 0.2) is 40.8 Å². The number of hydrogen-bond acceptors (Lipinski definition) is 3. The average molecular weight is 279 g/mol. The van der Waals surface area contributed by atoms with Gasteiger partial charge in [-0.3, -0.25) is 0 Å². The standard InChI is InChI=1S/C13H8Cl2N2O/c14-8-5-10(15)12-11(6-8)17-13(18-12)7-2-1-3-9(16)4-7/h1-6H,16H2. The molecular weight excluding hydrogens is 271 g/mol. The number of anilines is 1. The number of nitrogen functional groups attached to an aromatic ring is 1. The molecule has 2 aromatic carbocycles. The van der Waals surface area contributed by atoms with Gasteiger partial charge in [0.05, 0.1) is 5.02 Å². The third-order valence-corrected chi connectivity index (χ3v) is 3.04. The van der Waals surface area contributed by atoms with Crippen LogP contribution in [0.2, 0.25) is 10.0 Å². The van der Waals surface area contributed by atoms with Gasteiger partial charge in [-0.1, -0.05) is 29.3 Å². The molecule has 3 rings (SSSR count). The van der Waals surface area contributed by atoms with E-state index in [0.29, 0.717) is 32.7 Å². The van der Waals surface area contributed by atoms with Crippen molar-refractivity contribution >= 4 is 40.0 Å². The van der Waals surface area contributed by atoms with Crippen molar-refractivity contribution in [1.29, 1.82) is 0 Å². The van der Waals surface area contributed by atoms with Gasteiger partial charge < -0.3 is 10.2 Å². The van der Waals surface area contributed by atoms with Crippen molar-refractivity contribution in [1.82, 2.24) is 4.98 Å². The summed E-state index contributed by atoms with van der Waals surface area (Å²) in [6.07, 6.45) is 0. The van der Waals surface area contributed by atoms with Crippen LogP contribution in [0.5, 0.6) is 0 Å². The molecule has 3 nitrogen and oxygen atoms in total. The summed E-state index contributed by atoms with van der Waals surface area (Å²) in [5.74, 6) is 0.474. The smallest absolute Gasteiger partial charge is 0.227 e. The van der Waals surface area contributed by atoms with Crippen LogP contribution in [-0.2, 0) is 0 Å². The Bertz CT molecular complexity index is 737. The number of halogens is 2. The normalized spacial score (nSPS) is 11.0. The van der Waals surface area contributed by atoms with Crippen LogP contribution in [0.1, 0.15) is 0 Å². The number of oxazole rings is 1. The van der Waals surface area contributed by atoms with Gasteiger partial charge in [-0.15, -0.1) is 0 Å². The molecule has 5 heteroatoms. The number of rotatable bonds is 1. The molecule has 1 heterocycles. The van der Waals surface area contributed by atoms with Crippen LogP contribution in [0.4, 0.5) is 5.69 Å². The second kappa shape index (κ2) is 4.19. The summed E-state index contributed by atoms with van der Waals surface area (Å²) in [5, 5.41) is 0.972. The Labute approximate surface area is 113 Å². The second-order valence-corrected chi connectivity index (χ2v) is 4.72. The molecule has 3 aromatic rings. The van der Waals surface area contributed by atoms with Crippen molar-refractivity contribution in [3.63, 3.8) is 0 Å². The van der Waals surface area contributed by atoms with E-state index in [2.05, 4.69) is 4.98 Å². The van der Waals surface area contributed by atoms with Crippen molar-refractivity contribution in [2.45, 2.75) is 0 Å². The van der Waals surface area contributed by atoms with Crippen LogP contribution in [0.25, 0.3) is 22.6 Å². The first kappa shape index (κ1) is 11.4. The maximum absolute atomic E-state index is 6.05. The molecule has 0 aliphatic rings. The Morgan fingerprint density at radius 2 is 1.94 bits per heavy atom. The number of nitrogens with zero attached hydrogens (tertiary/aromatic N) is 1. The van der Waals surface area contributed by atoms with Gasteiger partial charge in [0.2, 0.25) is 5.89 Å². The topological polar surface area (TPSA) is 52.0 Å². The van der Waals surface area contributed by atoms with Gasteiger partial charge >= 0.3 is 0 Å². The van der Waals surface area contributed by atoms with E-state index in [9.17, 15) is 0 Å². The number of fused-ring (bicyclic) bond motifs is 1. The summed E-state index contributed by atoms with van der Waals surface area (Å²) in [6, 6.07) is 10.6. The molecule has 0 fully saturated rings. The van der Waals surface area contributed by atoms with E-state index in [1.54, 1.807) is 24.3 Å². The molecule has 0 saturated carbocycles. The van der Waals surface area contributed by atoms with Gasteiger partial charge in [-0.25, -0.2) is 4.98 Å². The Hall–Kier alpha value is -1.71. The Morgan fingerprint density at radius 3 is 2.72 bits per heavy atom. The van der Waals surface area contributed by atoms with Crippen molar-refractivity contribution in [3.05, 3.63) is 46.4 Å². The molecule has 0 unspecified atom stereocenters. The minimum atomic E-state index is 0.445. The third-order valence-electron chi connectivity index (χ3n) is 2.54. The SMILES string of the molecule is Nc1cccc(-c2nc3cc(Cl)cc(Cl)c3o2)c1. The summed E-state index contributed by atoms with van der Waals surface area (Å²) in [4.78, 5) is 4.35. The first-order chi connectivity index (χ1) is 8.63. The summed E-state index contributed by atoms with van der Waals surface area (Å²) < 4.78 is 5.64. The van der Waals surface area contributed by atoms with E-state index in [1.807, 2.05) is 12.1 Å². The van der Waals surface area contributed by atoms with Crippen LogP contribution in [0.3, 0.4) is 0 Å². The highest BCUT2D eigenvalue weighted by molar-refractivity contribution is 6.38. The first-order valence-corrected chi connectivity index (χ1v) is 6.00. The third kappa shape index (κ3) is 1.92. The second-order valence-electron chi connectivity index (χ2n) is 3.88. The van der Waals surface area contributed by atoms with E-state index < -0.39 is 0 Å². The van der Waals surface area contributed by atoms with Crippen LogP contribution in [0, 0.1) is 0 Å². The number of benzene rings is 2. The molecule has 0 aliphatic heterocycles. The highest BCUT2D eigenvalue weighted by Crippen LogP contribution is 2.32. The van der Waals surface area contributed by atoms with E-state index in [-0.39, 0.29) is 0 Å². The lowest BCUT2D eigenvalue weighted by Gasteiger charge is -1.96. The zero-order chi connectivity index (χ0) is 12.7. The molecule has 0 saturated heterocycles. The zero-order valence-electron chi connectivity index (χ0n) is 9.15. The zero-order valence-corrected chi connectivity index (χ0v) is 10.7. The fraction of sp³-hybridized carbons (Fsp3) is 0. The minimum Gasteiger partial charge on any atom is -0.435 e. The van der Waals surface area contributed by atoms with Gasteiger partial charge in [0.1, 0.15) is 5.52 Å². The Morgan fingerprint density at radius 1 is 1.11 bits per heavy atom. The molecular formula is C13H8Cl2N2O. The fourth-order valence-electron chi connectivity index (χ4n) is 1.75. The molecule has 0 bridgehead atoms. The van der Waals surface area contributed by atoms with Crippen molar-refractivity contribution < 1.29 is 4.42 Å². The van der Waals surface area contributed by atoms with E-state index in [4.69, 9.17) is 33.4 Å². The minimum absolute atomic E-state index is 0.445. The van der Waals surface area contributed by atoms with Gasteiger partial charge in [0.25, 0.3) is 0 Å². The maximum Gasteiger partial charge on any atom is 0.227 e. The quantitative estimate of drug-likeness (QED) is 0.672. The number of nitrogens with two attached hydrogens (primary N) is 1. The monoisotopic (exact) mass is 278 g/mol. The Kier molecular flexibility index (Phi) is 2.65. The number of hydrogen-bond donors (Lipinski definition) is 1. The van der Waals surface area contributed by atoms with Crippen LogP contribution < -0.4 is 5.73 Å². The van der Waals surface area contributed by atoms with E-state index >= 15 is 0 Å². The lowest BCUT2D eigenvalue weighted by atomic mass is 10.2. The van der Waals surface area contributed by atoms with E-state index in [1.165, 1.54) is 0 Å². The van der Waals surface area contributed by atoms with Gasteiger partial charge in [-0.2, -0.15) is 0 Å². The number of aromatic nitrogens is 1. The highest BCUT2D eigenvalue weighted by atomic mass is 35.5. The molecule has 1 aromatic heterocycles. The summed E-state index contributed by atoms with van der Waals surface area (Å²) in [5.41, 5.74) is 8.34. The summed E-state index contributed by atoms with van der Waals surface area (Å²) in [7, 11) is 0. The summed E-state index contributed by atoms with van der Waals surface area (Å²) in [6.45, 7) is 0. The van der Waals surface area contributed by atoms with E-state index in [0.717, 1.165) is 5.56 Å². The lowest BCUT2D eigenvalue weighted by Crippen LogP contribution is -1.84. The summed E-state index contributed by atoms with van der Waals surface area (Å²) >= 11 is 12.0. The molecule has 0 spiro atoms. The first-order valence-electron chi connectivity index (χ1n) is 5.25. The van der Waals surface area contributed by atoms with Gasteiger partial charge in [0, 0.05) is 16.3 Å². The predicted octanol–water partition coefficient (Wildman–Crippen LogP) is 4.38. The highest BCUT2D eigenvalue weighted by Gasteiger charge is 2.12. The maximum atomic E-state index is 6.05. The molecule has 0 aliphatic carbocycles. The molecule has 90 valence electrons. The molecule has 2 N–H and O–H groups in total. The molecule has 0 atom stereocenters. The largest absolute Gasteiger partial charge is 0.435 e. The van der Waals surface area contributed by atoms with Gasteiger partial charge in [-0.05, 0) is 30.3 Å². The molecule has 18 heavy (non-hydrogen) atoms.